The van der Waals surface area contributed by atoms with E-state index in [4.69, 9.17) is 4.74 Å². The Morgan fingerprint density at radius 1 is 1.07 bits per heavy atom. The molecule has 1 aliphatic heterocycles. The number of rotatable bonds is 6. The molecule has 2 aliphatic rings. The van der Waals surface area contributed by atoms with Crippen LogP contribution < -0.4 is 19.9 Å². The number of ether oxygens (including phenoxy) is 1. The Bertz CT molecular complexity index is 751. The fourth-order valence-electron chi connectivity index (χ4n) is 3.86. The molecule has 1 saturated heterocycles. The number of hydrogen-bond donors (Lipinski definition) is 2. The van der Waals surface area contributed by atoms with Gasteiger partial charge in [0.15, 0.2) is 6.04 Å². The third kappa shape index (κ3) is 4.25. The van der Waals surface area contributed by atoms with E-state index in [1.807, 2.05) is 30.3 Å². The van der Waals surface area contributed by atoms with Crippen LogP contribution >= 0.6 is 0 Å². The highest BCUT2D eigenvalue weighted by Crippen LogP contribution is 2.21. The number of quaternary nitrogens is 1. The van der Waals surface area contributed by atoms with Crippen LogP contribution in [0.1, 0.15) is 24.4 Å². The third-order valence-corrected chi connectivity index (χ3v) is 5.57. The van der Waals surface area contributed by atoms with Crippen LogP contribution in [0.15, 0.2) is 54.6 Å². The molecule has 1 heterocycles. The summed E-state index contributed by atoms with van der Waals surface area (Å²) in [4.78, 5) is 16.7. The van der Waals surface area contributed by atoms with Crippen molar-refractivity contribution in [3.8, 4) is 5.75 Å². The smallest absolute Gasteiger partial charge is 0.283 e. The first kappa shape index (κ1) is 17.9. The minimum atomic E-state index is -0.121. The van der Waals surface area contributed by atoms with Gasteiger partial charge in [-0.25, -0.2) is 0 Å². The van der Waals surface area contributed by atoms with Gasteiger partial charge >= 0.3 is 0 Å². The molecule has 1 saturated carbocycles. The Morgan fingerprint density at radius 2 is 1.74 bits per heavy atom. The summed E-state index contributed by atoms with van der Waals surface area (Å²) in [6.07, 6.45) is 2.24. The molecule has 5 heteroatoms. The Labute approximate surface area is 160 Å². The normalized spacial score (nSPS) is 18.8. The minimum absolute atomic E-state index is 0.121. The maximum atomic E-state index is 13.0. The Morgan fingerprint density at radius 3 is 2.33 bits per heavy atom. The van der Waals surface area contributed by atoms with Gasteiger partial charge in [-0.15, -0.1) is 0 Å². The van der Waals surface area contributed by atoms with E-state index in [0.29, 0.717) is 6.04 Å². The lowest BCUT2D eigenvalue weighted by Crippen LogP contribution is -3.16. The van der Waals surface area contributed by atoms with Crippen molar-refractivity contribution < 1.29 is 14.4 Å². The van der Waals surface area contributed by atoms with Gasteiger partial charge in [0.2, 0.25) is 0 Å². The number of piperazine rings is 1. The average Bonchev–Trinajstić information content (AvgIpc) is 3.54. The predicted octanol–water partition coefficient (Wildman–Crippen LogP) is 1.42. The van der Waals surface area contributed by atoms with Crippen molar-refractivity contribution in [3.05, 3.63) is 60.2 Å². The number of hydrogen-bond acceptors (Lipinski definition) is 3. The van der Waals surface area contributed by atoms with Crippen LogP contribution in [0.2, 0.25) is 0 Å². The van der Waals surface area contributed by atoms with E-state index < -0.39 is 0 Å². The lowest BCUT2D eigenvalue weighted by Gasteiger charge is -2.37. The standard InChI is InChI=1S/C22H27N3O2/c1-27-20-11-9-19(10-12-20)24-13-15-25(16-14-24)21(17-5-3-2-4-6-17)22(26)23-18-7-8-18/h2-6,9-12,18,21H,7-8,13-16H2,1H3,(H,23,26)/p+1/t21-/m1/s1. The molecular weight excluding hydrogens is 338 g/mol. The fraction of sp³-hybridized carbons (Fsp3) is 0.409. The van der Waals surface area contributed by atoms with Crippen molar-refractivity contribution in [2.24, 2.45) is 0 Å². The van der Waals surface area contributed by atoms with Gasteiger partial charge in [0, 0.05) is 17.3 Å². The second kappa shape index (κ2) is 8.01. The molecule has 1 atom stereocenters. The molecular formula is C22H28N3O2+. The highest BCUT2D eigenvalue weighted by Gasteiger charge is 2.36. The maximum absolute atomic E-state index is 13.0. The topological polar surface area (TPSA) is 46.0 Å². The van der Waals surface area contributed by atoms with Gasteiger partial charge in [-0.3, -0.25) is 4.79 Å². The van der Waals surface area contributed by atoms with E-state index in [1.165, 1.54) is 10.6 Å². The molecule has 1 aliphatic carbocycles. The largest absolute Gasteiger partial charge is 0.497 e. The van der Waals surface area contributed by atoms with Crippen molar-refractivity contribution in [3.63, 3.8) is 0 Å². The Hall–Kier alpha value is -2.53. The van der Waals surface area contributed by atoms with E-state index in [0.717, 1.165) is 50.3 Å². The molecule has 1 amide bonds. The zero-order valence-electron chi connectivity index (χ0n) is 15.9. The Balaban J connectivity index is 1.45. The number of benzene rings is 2. The molecule has 4 rings (SSSR count). The van der Waals surface area contributed by atoms with Crippen LogP contribution in [0.3, 0.4) is 0 Å². The molecule has 0 aromatic heterocycles. The minimum Gasteiger partial charge on any atom is -0.497 e. The molecule has 27 heavy (non-hydrogen) atoms. The molecule has 0 radical (unpaired) electrons. The van der Waals surface area contributed by atoms with Gasteiger partial charge in [0.05, 0.1) is 33.3 Å². The van der Waals surface area contributed by atoms with Gasteiger partial charge < -0.3 is 19.9 Å². The summed E-state index contributed by atoms with van der Waals surface area (Å²) in [6.45, 7) is 3.79. The van der Waals surface area contributed by atoms with Crippen LogP contribution in [-0.2, 0) is 4.79 Å². The number of carbonyl (C=O) groups is 1. The van der Waals surface area contributed by atoms with Gasteiger partial charge in [-0.05, 0) is 37.1 Å². The Kier molecular flexibility index (Phi) is 5.30. The monoisotopic (exact) mass is 366 g/mol. The summed E-state index contributed by atoms with van der Waals surface area (Å²) < 4.78 is 5.25. The molecule has 2 aromatic rings. The second-order valence-electron chi connectivity index (χ2n) is 7.47. The number of nitrogens with one attached hydrogen (secondary N) is 2. The highest BCUT2D eigenvalue weighted by atomic mass is 16.5. The predicted molar refractivity (Wildman–Crippen MR) is 106 cm³/mol. The molecule has 0 unspecified atom stereocenters. The van der Waals surface area contributed by atoms with Gasteiger partial charge in [-0.2, -0.15) is 0 Å². The van der Waals surface area contributed by atoms with Crippen LogP contribution in [0, 0.1) is 0 Å². The fourth-order valence-corrected chi connectivity index (χ4v) is 3.86. The lowest BCUT2D eigenvalue weighted by molar-refractivity contribution is -0.922. The van der Waals surface area contributed by atoms with Crippen molar-refractivity contribution in [2.75, 3.05) is 38.2 Å². The van der Waals surface area contributed by atoms with Crippen LogP contribution in [0.25, 0.3) is 0 Å². The average molecular weight is 366 g/mol. The van der Waals surface area contributed by atoms with E-state index in [9.17, 15) is 4.79 Å². The van der Waals surface area contributed by atoms with Crippen molar-refractivity contribution in [1.29, 1.82) is 0 Å². The van der Waals surface area contributed by atoms with Crippen LogP contribution in [-0.4, -0.2) is 45.2 Å². The van der Waals surface area contributed by atoms with E-state index in [2.05, 4.69) is 34.5 Å². The molecule has 2 fully saturated rings. The zero-order valence-corrected chi connectivity index (χ0v) is 15.9. The first-order valence-electron chi connectivity index (χ1n) is 9.83. The quantitative estimate of drug-likeness (QED) is 0.813. The summed E-state index contributed by atoms with van der Waals surface area (Å²) in [5.41, 5.74) is 2.33. The lowest BCUT2D eigenvalue weighted by atomic mass is 10.0. The number of nitrogens with zero attached hydrogens (tertiary/aromatic N) is 1. The van der Waals surface area contributed by atoms with Crippen LogP contribution in [0.5, 0.6) is 5.75 Å². The number of anilines is 1. The highest BCUT2D eigenvalue weighted by molar-refractivity contribution is 5.82. The molecule has 2 aromatic carbocycles. The molecule has 142 valence electrons. The summed E-state index contributed by atoms with van der Waals surface area (Å²) in [6, 6.07) is 18.7. The summed E-state index contributed by atoms with van der Waals surface area (Å²) in [5.74, 6) is 1.06. The summed E-state index contributed by atoms with van der Waals surface area (Å²) >= 11 is 0. The number of carbonyl (C=O) groups excluding carboxylic acids is 1. The molecule has 2 N–H and O–H groups in total. The number of amides is 1. The van der Waals surface area contributed by atoms with Gasteiger partial charge in [0.1, 0.15) is 5.75 Å². The zero-order chi connectivity index (χ0) is 18.6. The first-order valence-corrected chi connectivity index (χ1v) is 9.83. The summed E-state index contributed by atoms with van der Waals surface area (Å²) in [7, 11) is 1.69. The van der Waals surface area contributed by atoms with E-state index in [1.54, 1.807) is 7.11 Å². The second-order valence-corrected chi connectivity index (χ2v) is 7.47. The third-order valence-electron chi connectivity index (χ3n) is 5.57. The molecule has 5 nitrogen and oxygen atoms in total. The molecule has 0 spiro atoms. The SMILES string of the molecule is COc1ccc(N2CC[NH+]([C@@H](C(=O)NC3CC3)c3ccccc3)CC2)cc1. The van der Waals surface area contributed by atoms with Crippen molar-refractivity contribution in [1.82, 2.24) is 5.32 Å². The van der Waals surface area contributed by atoms with Crippen LogP contribution in [0.4, 0.5) is 5.69 Å². The summed E-state index contributed by atoms with van der Waals surface area (Å²) in [5, 5.41) is 3.22. The van der Waals surface area contributed by atoms with Crippen molar-refractivity contribution in [2.45, 2.75) is 24.9 Å². The van der Waals surface area contributed by atoms with Gasteiger partial charge in [0.25, 0.3) is 5.91 Å². The molecule has 0 bridgehead atoms. The van der Waals surface area contributed by atoms with Crippen molar-refractivity contribution >= 4 is 11.6 Å². The first-order chi connectivity index (χ1) is 13.2. The number of methoxy groups -OCH3 is 1. The van der Waals surface area contributed by atoms with E-state index in [-0.39, 0.29) is 11.9 Å². The maximum Gasteiger partial charge on any atom is 0.283 e. The van der Waals surface area contributed by atoms with Gasteiger partial charge in [-0.1, -0.05) is 30.3 Å². The van der Waals surface area contributed by atoms with E-state index >= 15 is 0 Å².